The van der Waals surface area contributed by atoms with E-state index >= 15 is 0 Å². The van der Waals surface area contributed by atoms with E-state index in [0.29, 0.717) is 6.42 Å². The number of rotatable bonds is 5. The molecule has 1 heterocycles. The standard InChI is InChI=1S/C16H24N2O2/c1-3-4-5-16(19)17-14-8-6-13(7-9-14)15-12-18(2)10-11-20-15/h6-9,15H,3-5,10-12H2,1-2H3,(H,17,19). The van der Waals surface area contributed by atoms with E-state index in [1.807, 2.05) is 24.3 Å². The molecule has 0 bridgehead atoms. The number of nitrogens with one attached hydrogen (secondary N) is 1. The van der Waals surface area contributed by atoms with Crippen molar-refractivity contribution in [1.29, 1.82) is 0 Å². The zero-order valence-electron chi connectivity index (χ0n) is 12.4. The third kappa shape index (κ3) is 4.32. The van der Waals surface area contributed by atoms with Gasteiger partial charge in [0.1, 0.15) is 0 Å². The predicted octanol–water partition coefficient (Wildman–Crippen LogP) is 2.82. The molecule has 1 atom stereocenters. The van der Waals surface area contributed by atoms with Gasteiger partial charge in [-0.3, -0.25) is 4.79 Å². The van der Waals surface area contributed by atoms with Crippen LogP contribution in [0, 0.1) is 0 Å². The van der Waals surface area contributed by atoms with E-state index in [9.17, 15) is 4.79 Å². The largest absolute Gasteiger partial charge is 0.371 e. The molecule has 1 fully saturated rings. The summed E-state index contributed by atoms with van der Waals surface area (Å²) in [4.78, 5) is 13.9. The van der Waals surface area contributed by atoms with Crippen LogP contribution in [0.15, 0.2) is 24.3 Å². The molecule has 4 nitrogen and oxygen atoms in total. The smallest absolute Gasteiger partial charge is 0.224 e. The molecule has 0 saturated carbocycles. The highest BCUT2D eigenvalue weighted by atomic mass is 16.5. The molecule has 20 heavy (non-hydrogen) atoms. The fourth-order valence-corrected chi connectivity index (χ4v) is 2.32. The van der Waals surface area contributed by atoms with Gasteiger partial charge in [0.2, 0.25) is 5.91 Å². The molecule has 1 aromatic carbocycles. The first-order valence-electron chi connectivity index (χ1n) is 7.39. The highest BCUT2D eigenvalue weighted by Crippen LogP contribution is 2.23. The Bertz CT molecular complexity index is 431. The van der Waals surface area contributed by atoms with Crippen molar-refractivity contribution in [3.05, 3.63) is 29.8 Å². The lowest BCUT2D eigenvalue weighted by Crippen LogP contribution is -2.35. The van der Waals surface area contributed by atoms with Gasteiger partial charge in [0.15, 0.2) is 0 Å². The summed E-state index contributed by atoms with van der Waals surface area (Å²) in [6.45, 7) is 4.77. The van der Waals surface area contributed by atoms with Crippen molar-refractivity contribution in [2.75, 3.05) is 32.1 Å². The fraction of sp³-hybridized carbons (Fsp3) is 0.562. The molecular weight excluding hydrogens is 252 g/mol. The van der Waals surface area contributed by atoms with Crippen molar-refractivity contribution in [3.63, 3.8) is 0 Å². The molecule has 1 amide bonds. The van der Waals surface area contributed by atoms with E-state index in [1.165, 1.54) is 5.56 Å². The normalized spacial score (nSPS) is 19.8. The first-order valence-corrected chi connectivity index (χ1v) is 7.39. The predicted molar refractivity (Wildman–Crippen MR) is 80.8 cm³/mol. The Morgan fingerprint density at radius 1 is 1.40 bits per heavy atom. The second kappa shape index (κ2) is 7.41. The van der Waals surface area contributed by atoms with Crippen LogP contribution in [0.25, 0.3) is 0 Å². The Kier molecular flexibility index (Phi) is 5.56. The number of unbranched alkanes of at least 4 members (excludes halogenated alkanes) is 1. The number of carbonyl (C=O) groups excluding carboxylic acids is 1. The molecule has 1 aliphatic rings. The first-order chi connectivity index (χ1) is 9.69. The lowest BCUT2D eigenvalue weighted by molar-refractivity contribution is -0.116. The van der Waals surface area contributed by atoms with Crippen LogP contribution in [0.2, 0.25) is 0 Å². The Labute approximate surface area is 121 Å². The van der Waals surface area contributed by atoms with Crippen LogP contribution in [0.1, 0.15) is 37.9 Å². The lowest BCUT2D eigenvalue weighted by Gasteiger charge is -2.30. The molecule has 1 aromatic rings. The maximum atomic E-state index is 11.7. The number of hydrogen-bond donors (Lipinski definition) is 1. The van der Waals surface area contributed by atoms with Crippen LogP contribution in [0.3, 0.4) is 0 Å². The third-order valence-corrected chi connectivity index (χ3v) is 3.59. The van der Waals surface area contributed by atoms with Crippen molar-refractivity contribution in [3.8, 4) is 0 Å². The number of anilines is 1. The average molecular weight is 276 g/mol. The van der Waals surface area contributed by atoms with Crippen LogP contribution in [0.5, 0.6) is 0 Å². The summed E-state index contributed by atoms with van der Waals surface area (Å²) in [5.74, 6) is 0.0910. The molecule has 1 unspecified atom stereocenters. The molecule has 0 radical (unpaired) electrons. The van der Waals surface area contributed by atoms with Gasteiger partial charge in [-0.2, -0.15) is 0 Å². The Morgan fingerprint density at radius 2 is 2.15 bits per heavy atom. The first kappa shape index (κ1) is 15.0. The second-order valence-corrected chi connectivity index (χ2v) is 5.40. The second-order valence-electron chi connectivity index (χ2n) is 5.40. The van der Waals surface area contributed by atoms with Gasteiger partial charge in [-0.05, 0) is 31.2 Å². The van der Waals surface area contributed by atoms with Crippen molar-refractivity contribution in [2.45, 2.75) is 32.3 Å². The number of carbonyl (C=O) groups is 1. The summed E-state index contributed by atoms with van der Waals surface area (Å²) in [5, 5.41) is 2.93. The van der Waals surface area contributed by atoms with E-state index in [1.54, 1.807) is 0 Å². The number of benzene rings is 1. The van der Waals surface area contributed by atoms with E-state index < -0.39 is 0 Å². The van der Waals surface area contributed by atoms with Gasteiger partial charge in [0.25, 0.3) is 0 Å². The molecule has 1 aliphatic heterocycles. The number of likely N-dealkylation sites (N-methyl/N-ethyl adjacent to an activating group) is 1. The van der Waals surface area contributed by atoms with E-state index in [-0.39, 0.29) is 12.0 Å². The molecule has 1 N–H and O–H groups in total. The number of ether oxygens (including phenoxy) is 1. The van der Waals surface area contributed by atoms with Gasteiger partial charge in [0, 0.05) is 25.2 Å². The quantitative estimate of drug-likeness (QED) is 0.899. The van der Waals surface area contributed by atoms with Crippen LogP contribution in [-0.2, 0) is 9.53 Å². The van der Waals surface area contributed by atoms with Gasteiger partial charge < -0.3 is 15.0 Å². The van der Waals surface area contributed by atoms with Gasteiger partial charge >= 0.3 is 0 Å². The summed E-state index contributed by atoms with van der Waals surface area (Å²) in [5.41, 5.74) is 2.03. The van der Waals surface area contributed by atoms with E-state index in [4.69, 9.17) is 4.74 Å². The number of nitrogens with zero attached hydrogens (tertiary/aromatic N) is 1. The number of morpholine rings is 1. The van der Waals surface area contributed by atoms with Gasteiger partial charge in [0.05, 0.1) is 12.7 Å². The molecule has 4 heteroatoms. The fourth-order valence-electron chi connectivity index (χ4n) is 2.32. The molecule has 110 valence electrons. The van der Waals surface area contributed by atoms with E-state index in [0.717, 1.165) is 38.2 Å². The van der Waals surface area contributed by atoms with E-state index in [2.05, 4.69) is 24.2 Å². The van der Waals surface area contributed by atoms with Gasteiger partial charge in [-0.1, -0.05) is 25.5 Å². The highest BCUT2D eigenvalue weighted by Gasteiger charge is 2.19. The molecule has 2 rings (SSSR count). The van der Waals surface area contributed by atoms with Gasteiger partial charge in [-0.15, -0.1) is 0 Å². The molecular formula is C16H24N2O2. The van der Waals surface area contributed by atoms with Crippen LogP contribution < -0.4 is 5.32 Å². The van der Waals surface area contributed by atoms with Crippen molar-refractivity contribution >= 4 is 11.6 Å². The third-order valence-electron chi connectivity index (χ3n) is 3.59. The Balaban J connectivity index is 1.90. The lowest BCUT2D eigenvalue weighted by atomic mass is 10.1. The molecule has 0 spiro atoms. The summed E-state index contributed by atoms with van der Waals surface area (Å²) in [6.07, 6.45) is 2.71. The van der Waals surface area contributed by atoms with Gasteiger partial charge in [-0.25, -0.2) is 0 Å². The van der Waals surface area contributed by atoms with Crippen LogP contribution in [-0.4, -0.2) is 37.6 Å². The maximum absolute atomic E-state index is 11.7. The highest BCUT2D eigenvalue weighted by molar-refractivity contribution is 5.90. The molecule has 0 aliphatic carbocycles. The van der Waals surface area contributed by atoms with Crippen LogP contribution >= 0.6 is 0 Å². The number of hydrogen-bond acceptors (Lipinski definition) is 3. The summed E-state index contributed by atoms with van der Waals surface area (Å²) >= 11 is 0. The SMILES string of the molecule is CCCCC(=O)Nc1ccc(C2CN(C)CCO2)cc1. The zero-order valence-corrected chi connectivity index (χ0v) is 12.4. The minimum absolute atomic E-state index is 0.0910. The summed E-state index contributed by atoms with van der Waals surface area (Å²) in [7, 11) is 2.11. The summed E-state index contributed by atoms with van der Waals surface area (Å²) < 4.78 is 5.78. The molecule has 0 aromatic heterocycles. The Hall–Kier alpha value is -1.39. The van der Waals surface area contributed by atoms with Crippen molar-refractivity contribution in [1.82, 2.24) is 4.90 Å². The maximum Gasteiger partial charge on any atom is 0.224 e. The minimum Gasteiger partial charge on any atom is -0.371 e. The zero-order chi connectivity index (χ0) is 14.4. The average Bonchev–Trinajstić information content (AvgIpc) is 2.46. The monoisotopic (exact) mass is 276 g/mol. The minimum atomic E-state index is 0.0910. The molecule has 1 saturated heterocycles. The topological polar surface area (TPSA) is 41.6 Å². The van der Waals surface area contributed by atoms with Crippen LogP contribution in [0.4, 0.5) is 5.69 Å². The number of amides is 1. The Morgan fingerprint density at radius 3 is 2.80 bits per heavy atom. The van der Waals surface area contributed by atoms with Crippen molar-refractivity contribution in [2.24, 2.45) is 0 Å². The van der Waals surface area contributed by atoms with Crippen molar-refractivity contribution < 1.29 is 9.53 Å². The summed E-state index contributed by atoms with van der Waals surface area (Å²) in [6, 6.07) is 7.99.